The highest BCUT2D eigenvalue weighted by molar-refractivity contribution is 5.50. The number of aryl methyl sites for hydroxylation is 1. The monoisotopic (exact) mass is 204 g/mol. The number of hydrogen-bond acceptors (Lipinski definition) is 1. The maximum absolute atomic E-state index is 9.66. The Labute approximate surface area is 92.5 Å². The average molecular weight is 204 g/mol. The van der Waals surface area contributed by atoms with Crippen LogP contribution in [-0.4, -0.2) is 11.2 Å². The first-order chi connectivity index (χ1) is 7.08. The molecule has 1 N–H and O–H groups in total. The summed E-state index contributed by atoms with van der Waals surface area (Å²) in [6.07, 6.45) is 4.35. The maximum Gasteiger partial charge on any atom is 0.0726 e. The third-order valence-corrected chi connectivity index (χ3v) is 2.27. The van der Waals surface area contributed by atoms with Crippen molar-refractivity contribution in [3.8, 4) is 0 Å². The first-order valence-electron chi connectivity index (χ1n) is 5.51. The maximum atomic E-state index is 9.66. The molecule has 0 aliphatic rings. The molecule has 0 bridgehead atoms. The summed E-state index contributed by atoms with van der Waals surface area (Å²) in [4.78, 5) is 0. The fourth-order valence-electron chi connectivity index (χ4n) is 1.56. The molecule has 82 valence electrons. The molecule has 0 amide bonds. The second kappa shape index (κ2) is 5.72. The summed E-state index contributed by atoms with van der Waals surface area (Å²) in [5.74, 6) is 0.530. The van der Waals surface area contributed by atoms with Gasteiger partial charge in [0.2, 0.25) is 0 Å². The van der Waals surface area contributed by atoms with Gasteiger partial charge in [-0.1, -0.05) is 55.8 Å². The summed E-state index contributed by atoms with van der Waals surface area (Å²) >= 11 is 0. The van der Waals surface area contributed by atoms with Gasteiger partial charge in [-0.05, 0) is 24.8 Å². The topological polar surface area (TPSA) is 20.2 Å². The van der Waals surface area contributed by atoms with Crippen LogP contribution in [0.1, 0.15) is 31.4 Å². The van der Waals surface area contributed by atoms with Crippen LogP contribution in [0.3, 0.4) is 0 Å². The Morgan fingerprint density at radius 3 is 2.67 bits per heavy atom. The summed E-state index contributed by atoms with van der Waals surface area (Å²) in [7, 11) is 0. The lowest BCUT2D eigenvalue weighted by atomic mass is 10.0. The Morgan fingerprint density at radius 1 is 1.33 bits per heavy atom. The molecule has 0 radical (unpaired) electrons. The molecule has 0 fully saturated rings. The van der Waals surface area contributed by atoms with E-state index in [0.717, 1.165) is 12.0 Å². The minimum absolute atomic E-state index is 0.328. The SMILES string of the molecule is Cc1cccc(/C=C/[C@@H](O)CC(C)C)c1. The van der Waals surface area contributed by atoms with Crippen LogP contribution in [0.5, 0.6) is 0 Å². The summed E-state index contributed by atoms with van der Waals surface area (Å²) in [6.45, 7) is 6.30. The van der Waals surface area contributed by atoms with Crippen molar-refractivity contribution in [2.24, 2.45) is 5.92 Å². The number of aliphatic hydroxyl groups excluding tert-OH is 1. The lowest BCUT2D eigenvalue weighted by Crippen LogP contribution is -2.05. The zero-order valence-electron chi connectivity index (χ0n) is 9.77. The fourth-order valence-corrected chi connectivity index (χ4v) is 1.56. The molecule has 0 saturated carbocycles. The van der Waals surface area contributed by atoms with Gasteiger partial charge < -0.3 is 5.11 Å². The number of aliphatic hydroxyl groups is 1. The summed E-state index contributed by atoms with van der Waals surface area (Å²) in [5, 5.41) is 9.66. The van der Waals surface area contributed by atoms with Gasteiger partial charge >= 0.3 is 0 Å². The van der Waals surface area contributed by atoms with E-state index in [4.69, 9.17) is 0 Å². The van der Waals surface area contributed by atoms with E-state index in [1.807, 2.05) is 24.3 Å². The molecule has 0 spiro atoms. The molecule has 1 rings (SSSR count). The predicted molar refractivity (Wildman–Crippen MR) is 65.7 cm³/mol. The van der Waals surface area contributed by atoms with E-state index in [1.165, 1.54) is 5.56 Å². The molecule has 1 aromatic carbocycles. The van der Waals surface area contributed by atoms with Gasteiger partial charge in [0.25, 0.3) is 0 Å². The van der Waals surface area contributed by atoms with Crippen LogP contribution in [0, 0.1) is 12.8 Å². The Bertz CT molecular complexity index is 326. The molecule has 1 nitrogen and oxygen atoms in total. The van der Waals surface area contributed by atoms with Gasteiger partial charge in [-0.15, -0.1) is 0 Å². The molecule has 0 saturated heterocycles. The third kappa shape index (κ3) is 4.80. The average Bonchev–Trinajstić information content (AvgIpc) is 2.14. The van der Waals surface area contributed by atoms with Crippen LogP contribution in [-0.2, 0) is 0 Å². The van der Waals surface area contributed by atoms with E-state index in [2.05, 4.69) is 32.9 Å². The normalized spacial score (nSPS) is 13.7. The highest BCUT2D eigenvalue weighted by atomic mass is 16.3. The van der Waals surface area contributed by atoms with E-state index >= 15 is 0 Å². The predicted octanol–water partition coefficient (Wildman–Crippen LogP) is 3.42. The van der Waals surface area contributed by atoms with Crippen molar-refractivity contribution in [3.63, 3.8) is 0 Å². The van der Waals surface area contributed by atoms with E-state index in [1.54, 1.807) is 0 Å². The zero-order chi connectivity index (χ0) is 11.3. The van der Waals surface area contributed by atoms with Crippen LogP contribution in [0.4, 0.5) is 0 Å². The molecule has 0 aliphatic heterocycles. The minimum Gasteiger partial charge on any atom is -0.389 e. The second-order valence-electron chi connectivity index (χ2n) is 4.47. The highest BCUT2D eigenvalue weighted by Gasteiger charge is 2.01. The van der Waals surface area contributed by atoms with Gasteiger partial charge in [0, 0.05) is 0 Å². The fraction of sp³-hybridized carbons (Fsp3) is 0.429. The quantitative estimate of drug-likeness (QED) is 0.796. The minimum atomic E-state index is -0.328. The van der Waals surface area contributed by atoms with Gasteiger partial charge in [0.1, 0.15) is 0 Å². The third-order valence-electron chi connectivity index (χ3n) is 2.27. The smallest absolute Gasteiger partial charge is 0.0726 e. The summed E-state index contributed by atoms with van der Waals surface area (Å²) < 4.78 is 0. The molecular weight excluding hydrogens is 184 g/mol. The molecule has 0 aliphatic carbocycles. The van der Waals surface area contributed by atoms with Crippen molar-refractivity contribution in [1.82, 2.24) is 0 Å². The van der Waals surface area contributed by atoms with E-state index in [0.29, 0.717) is 5.92 Å². The van der Waals surface area contributed by atoms with Gasteiger partial charge in [-0.3, -0.25) is 0 Å². The van der Waals surface area contributed by atoms with Crippen molar-refractivity contribution in [3.05, 3.63) is 41.5 Å². The van der Waals surface area contributed by atoms with Gasteiger partial charge in [0.05, 0.1) is 6.10 Å². The van der Waals surface area contributed by atoms with Crippen molar-refractivity contribution in [2.75, 3.05) is 0 Å². The van der Waals surface area contributed by atoms with Crippen LogP contribution in [0.15, 0.2) is 30.3 Å². The Morgan fingerprint density at radius 2 is 2.07 bits per heavy atom. The van der Waals surface area contributed by atoms with Crippen LogP contribution < -0.4 is 0 Å². The van der Waals surface area contributed by atoms with Crippen molar-refractivity contribution in [1.29, 1.82) is 0 Å². The molecule has 1 atom stereocenters. The van der Waals surface area contributed by atoms with Gasteiger partial charge in [-0.25, -0.2) is 0 Å². The van der Waals surface area contributed by atoms with E-state index in [9.17, 15) is 5.11 Å². The Hall–Kier alpha value is -1.08. The standard InChI is InChI=1S/C14H20O/c1-11(2)9-14(15)8-7-13-6-4-5-12(3)10-13/h4-8,10-11,14-15H,9H2,1-3H3/b8-7+/t14-/m1/s1. The number of hydrogen-bond donors (Lipinski definition) is 1. The van der Waals surface area contributed by atoms with E-state index < -0.39 is 0 Å². The van der Waals surface area contributed by atoms with Crippen LogP contribution in [0.2, 0.25) is 0 Å². The molecular formula is C14H20O. The van der Waals surface area contributed by atoms with E-state index in [-0.39, 0.29) is 6.10 Å². The van der Waals surface area contributed by atoms with Crippen molar-refractivity contribution < 1.29 is 5.11 Å². The molecule has 0 aromatic heterocycles. The van der Waals surface area contributed by atoms with Crippen LogP contribution in [0.25, 0.3) is 6.08 Å². The zero-order valence-corrected chi connectivity index (χ0v) is 9.77. The van der Waals surface area contributed by atoms with Crippen LogP contribution >= 0.6 is 0 Å². The molecule has 0 unspecified atom stereocenters. The molecule has 1 aromatic rings. The van der Waals surface area contributed by atoms with Crippen molar-refractivity contribution >= 4 is 6.08 Å². The molecule has 0 heterocycles. The first kappa shape index (κ1) is 12.0. The molecule has 15 heavy (non-hydrogen) atoms. The van der Waals surface area contributed by atoms with Gasteiger partial charge in [-0.2, -0.15) is 0 Å². The Balaban J connectivity index is 2.57. The van der Waals surface area contributed by atoms with Crippen molar-refractivity contribution in [2.45, 2.75) is 33.3 Å². The first-order valence-corrected chi connectivity index (χ1v) is 5.51. The summed E-state index contributed by atoms with van der Waals surface area (Å²) in [5.41, 5.74) is 2.40. The lowest BCUT2D eigenvalue weighted by Gasteiger charge is -2.07. The number of rotatable bonds is 4. The highest BCUT2D eigenvalue weighted by Crippen LogP contribution is 2.09. The lowest BCUT2D eigenvalue weighted by molar-refractivity contribution is 0.195. The largest absolute Gasteiger partial charge is 0.389 e. The molecule has 1 heteroatoms. The Kier molecular flexibility index (Phi) is 4.57. The summed E-state index contributed by atoms with van der Waals surface area (Å²) in [6, 6.07) is 8.26. The number of benzene rings is 1. The second-order valence-corrected chi connectivity index (χ2v) is 4.47. The van der Waals surface area contributed by atoms with Gasteiger partial charge in [0.15, 0.2) is 0 Å².